The number of sulfone groups is 1. The minimum atomic E-state index is -3.39. The Bertz CT molecular complexity index is 954. The van der Waals surface area contributed by atoms with Gasteiger partial charge in [-0.3, -0.25) is 9.69 Å². The fraction of sp³-hybridized carbons (Fsp3) is 0.720. The number of nitrogens with one attached hydrogen (secondary N) is 1. The molecule has 4 aliphatic carbocycles. The molecule has 1 aromatic carbocycles. The summed E-state index contributed by atoms with van der Waals surface area (Å²) in [7, 11) is -1.88. The molecule has 6 nitrogen and oxygen atoms in total. The van der Waals surface area contributed by atoms with Gasteiger partial charge < -0.3 is 10.1 Å². The van der Waals surface area contributed by atoms with Gasteiger partial charge in [0.2, 0.25) is 0 Å². The lowest BCUT2D eigenvalue weighted by molar-refractivity contribution is -0.0930. The molecule has 4 bridgehead atoms. The van der Waals surface area contributed by atoms with Crippen molar-refractivity contribution in [2.75, 3.05) is 26.0 Å². The second-order valence-electron chi connectivity index (χ2n) is 10.6. The Morgan fingerprint density at radius 3 is 2.41 bits per heavy atom. The van der Waals surface area contributed by atoms with Crippen molar-refractivity contribution in [1.82, 2.24) is 10.2 Å². The number of carbonyl (C=O) groups excluding carboxylic acids is 1. The van der Waals surface area contributed by atoms with Gasteiger partial charge in [-0.25, -0.2) is 8.42 Å². The molecule has 0 aromatic heterocycles. The van der Waals surface area contributed by atoms with Crippen LogP contribution in [0.5, 0.6) is 5.75 Å². The predicted octanol–water partition coefficient (Wildman–Crippen LogP) is 3.65. The van der Waals surface area contributed by atoms with Crippen LogP contribution in [0.1, 0.15) is 68.6 Å². The van der Waals surface area contributed by atoms with E-state index in [-0.39, 0.29) is 16.6 Å². The van der Waals surface area contributed by atoms with Crippen LogP contribution in [0, 0.1) is 17.8 Å². The second kappa shape index (κ2) is 8.32. The molecule has 1 aromatic rings. The molecule has 176 valence electrons. The van der Waals surface area contributed by atoms with E-state index >= 15 is 0 Å². The largest absolute Gasteiger partial charge is 0.496 e. The first kappa shape index (κ1) is 22.2. The third-order valence-electron chi connectivity index (χ3n) is 8.65. The van der Waals surface area contributed by atoms with Gasteiger partial charge in [0.1, 0.15) is 5.75 Å². The van der Waals surface area contributed by atoms with Crippen LogP contribution in [0.3, 0.4) is 0 Å². The maximum absolute atomic E-state index is 13.1. The highest BCUT2D eigenvalue weighted by molar-refractivity contribution is 7.91. The number of ether oxygens (including phenoxy) is 1. The first-order chi connectivity index (χ1) is 15.3. The quantitative estimate of drug-likeness (QED) is 0.672. The van der Waals surface area contributed by atoms with E-state index in [1.54, 1.807) is 13.0 Å². The summed E-state index contributed by atoms with van der Waals surface area (Å²) in [6.45, 7) is 3.35. The molecule has 1 unspecified atom stereocenters. The summed E-state index contributed by atoms with van der Waals surface area (Å²) in [5.41, 5.74) is 0.648. The van der Waals surface area contributed by atoms with Crippen LogP contribution in [0.2, 0.25) is 0 Å². The topological polar surface area (TPSA) is 75.7 Å². The standard InChI is InChI=1S/C25H36N2O4S/c1-3-32(29,30)21-6-7-23(31-2)22(12-21)24(28)26-16-20-5-4-8-27(20)25-13-17-9-18(14-25)11-19(10-17)15-25/h6-7,12,17-20H,3-5,8-11,13-16H2,1-2H3,(H,26,28). The fourth-order valence-corrected chi connectivity index (χ4v) is 8.53. The molecule has 0 radical (unpaired) electrons. The van der Waals surface area contributed by atoms with Gasteiger partial charge in [-0.2, -0.15) is 0 Å². The van der Waals surface area contributed by atoms with E-state index in [9.17, 15) is 13.2 Å². The van der Waals surface area contributed by atoms with Crippen molar-refractivity contribution in [2.24, 2.45) is 17.8 Å². The monoisotopic (exact) mass is 460 g/mol. The minimum absolute atomic E-state index is 0.00247. The van der Waals surface area contributed by atoms with E-state index in [1.807, 2.05) is 0 Å². The van der Waals surface area contributed by atoms with Crippen molar-refractivity contribution >= 4 is 15.7 Å². The zero-order valence-corrected chi connectivity index (χ0v) is 20.1. The highest BCUT2D eigenvalue weighted by Crippen LogP contribution is 2.58. The average Bonchev–Trinajstić information content (AvgIpc) is 3.26. The van der Waals surface area contributed by atoms with E-state index in [0.29, 0.717) is 29.4 Å². The third kappa shape index (κ3) is 3.85. The molecular formula is C25H36N2O4S. The van der Waals surface area contributed by atoms with E-state index in [1.165, 1.54) is 64.2 Å². The van der Waals surface area contributed by atoms with Crippen molar-refractivity contribution < 1.29 is 17.9 Å². The van der Waals surface area contributed by atoms with Crippen molar-refractivity contribution in [3.63, 3.8) is 0 Å². The Morgan fingerprint density at radius 2 is 1.81 bits per heavy atom. The molecule has 1 N–H and O–H groups in total. The van der Waals surface area contributed by atoms with Gasteiger partial charge >= 0.3 is 0 Å². The lowest BCUT2D eigenvalue weighted by atomic mass is 9.52. The Hall–Kier alpha value is -1.60. The summed E-state index contributed by atoms with van der Waals surface area (Å²) in [6.07, 6.45) is 10.6. The van der Waals surface area contributed by atoms with Crippen LogP contribution in [0.15, 0.2) is 23.1 Å². The van der Waals surface area contributed by atoms with Crippen LogP contribution >= 0.6 is 0 Å². The molecule has 32 heavy (non-hydrogen) atoms. The summed E-state index contributed by atoms with van der Waals surface area (Å²) in [6, 6.07) is 4.91. The second-order valence-corrected chi connectivity index (χ2v) is 12.9. The number of methoxy groups -OCH3 is 1. The van der Waals surface area contributed by atoms with Crippen LogP contribution in [-0.4, -0.2) is 56.8 Å². The number of benzene rings is 1. The van der Waals surface area contributed by atoms with Crippen LogP contribution < -0.4 is 10.1 Å². The van der Waals surface area contributed by atoms with Gasteiger partial charge in [-0.1, -0.05) is 6.92 Å². The highest BCUT2D eigenvalue weighted by Gasteiger charge is 2.55. The molecule has 7 heteroatoms. The molecule has 1 aliphatic heterocycles. The smallest absolute Gasteiger partial charge is 0.255 e. The van der Waals surface area contributed by atoms with Gasteiger partial charge in [-0.15, -0.1) is 0 Å². The van der Waals surface area contributed by atoms with Crippen molar-refractivity contribution in [1.29, 1.82) is 0 Å². The fourth-order valence-electron chi connectivity index (χ4n) is 7.62. The predicted molar refractivity (Wildman–Crippen MR) is 124 cm³/mol. The van der Waals surface area contributed by atoms with E-state index < -0.39 is 9.84 Å². The normalized spacial score (nSPS) is 34.1. The highest BCUT2D eigenvalue weighted by atomic mass is 32.2. The van der Waals surface area contributed by atoms with Gasteiger partial charge in [-0.05, 0) is 93.9 Å². The van der Waals surface area contributed by atoms with Crippen molar-refractivity contribution in [3.05, 3.63) is 23.8 Å². The summed E-state index contributed by atoms with van der Waals surface area (Å²) < 4.78 is 30.0. The number of rotatable bonds is 7. The van der Waals surface area contributed by atoms with Gasteiger partial charge in [0, 0.05) is 18.1 Å². The van der Waals surface area contributed by atoms with Gasteiger partial charge in [0.15, 0.2) is 9.84 Å². The zero-order valence-electron chi connectivity index (χ0n) is 19.3. The summed E-state index contributed by atoms with van der Waals surface area (Å²) >= 11 is 0. The average molecular weight is 461 g/mol. The molecule has 5 fully saturated rings. The Balaban J connectivity index is 1.30. The van der Waals surface area contributed by atoms with Gasteiger partial charge in [0.25, 0.3) is 5.91 Å². The molecule has 5 aliphatic rings. The maximum atomic E-state index is 13.1. The number of likely N-dealkylation sites (tertiary alicyclic amines) is 1. The van der Waals surface area contributed by atoms with E-state index in [4.69, 9.17) is 4.74 Å². The number of carbonyl (C=O) groups is 1. The Labute approximate surface area is 192 Å². The minimum Gasteiger partial charge on any atom is -0.496 e. The molecule has 6 rings (SSSR count). The lowest BCUT2D eigenvalue weighted by Gasteiger charge is -2.61. The van der Waals surface area contributed by atoms with Crippen LogP contribution in [0.25, 0.3) is 0 Å². The molecule has 1 amide bonds. The Morgan fingerprint density at radius 1 is 1.16 bits per heavy atom. The third-order valence-corrected chi connectivity index (χ3v) is 10.4. The maximum Gasteiger partial charge on any atom is 0.255 e. The molecule has 1 heterocycles. The Kier molecular flexibility index (Phi) is 5.77. The lowest BCUT2D eigenvalue weighted by Crippen LogP contribution is -2.62. The summed E-state index contributed by atoms with van der Waals surface area (Å²) in [4.78, 5) is 16.0. The molecular weight excluding hydrogens is 424 g/mol. The summed E-state index contributed by atoms with van der Waals surface area (Å²) in [5.74, 6) is 2.87. The van der Waals surface area contributed by atoms with E-state index in [2.05, 4.69) is 10.2 Å². The molecule has 1 saturated heterocycles. The number of nitrogens with zero attached hydrogens (tertiary/aromatic N) is 1. The molecule has 1 atom stereocenters. The summed E-state index contributed by atoms with van der Waals surface area (Å²) in [5, 5.41) is 3.12. The van der Waals surface area contributed by atoms with Crippen LogP contribution in [0.4, 0.5) is 0 Å². The van der Waals surface area contributed by atoms with Crippen molar-refractivity contribution in [3.8, 4) is 5.75 Å². The SMILES string of the molecule is CCS(=O)(=O)c1ccc(OC)c(C(=O)NCC2CCCN2C23CC4CC(CC(C4)C2)C3)c1. The number of amides is 1. The number of hydrogen-bond donors (Lipinski definition) is 1. The molecule has 0 spiro atoms. The first-order valence-corrected chi connectivity index (χ1v) is 13.9. The van der Waals surface area contributed by atoms with Crippen LogP contribution in [-0.2, 0) is 9.84 Å². The molecule has 4 saturated carbocycles. The van der Waals surface area contributed by atoms with E-state index in [0.717, 1.165) is 30.7 Å². The van der Waals surface area contributed by atoms with Gasteiger partial charge in [0.05, 0.1) is 23.3 Å². The van der Waals surface area contributed by atoms with Crippen molar-refractivity contribution in [2.45, 2.75) is 74.8 Å². The number of hydrogen-bond acceptors (Lipinski definition) is 5. The first-order valence-electron chi connectivity index (χ1n) is 12.3. The zero-order chi connectivity index (χ0) is 22.5.